The van der Waals surface area contributed by atoms with Crippen LogP contribution in [0, 0.1) is 0 Å². The third-order valence-electron chi connectivity index (χ3n) is 4.43. The highest BCUT2D eigenvalue weighted by molar-refractivity contribution is 5.54. The topological polar surface area (TPSA) is 86.0 Å². The van der Waals surface area contributed by atoms with Crippen molar-refractivity contribution in [1.82, 2.24) is 20.1 Å². The number of hydrogen-bond donors (Lipinski definition) is 1. The Morgan fingerprint density at radius 1 is 1.03 bits per heavy atom. The maximum absolute atomic E-state index is 5.64. The Balaban J connectivity index is 1.39. The lowest BCUT2D eigenvalue weighted by molar-refractivity contribution is 0.287. The lowest BCUT2D eigenvalue weighted by Crippen LogP contribution is -2.10. The van der Waals surface area contributed by atoms with Crippen molar-refractivity contribution in [3.05, 3.63) is 84.6 Å². The average molecular weight is 387 g/mol. The second-order valence-corrected chi connectivity index (χ2v) is 6.44. The molecule has 0 bridgehead atoms. The third-order valence-corrected chi connectivity index (χ3v) is 4.43. The summed E-state index contributed by atoms with van der Waals surface area (Å²) in [5.74, 6) is 2.44. The van der Waals surface area contributed by atoms with E-state index in [1.54, 1.807) is 18.6 Å². The summed E-state index contributed by atoms with van der Waals surface area (Å²) < 4.78 is 11.0. The minimum absolute atomic E-state index is 0.168. The SMILES string of the molecule is CC[C@@H](Nc1ccc(-c2nc(COc3ccccc3)no2)cn1)c1ccncc1. The molecule has 0 fully saturated rings. The Kier molecular flexibility index (Phi) is 5.76. The van der Waals surface area contributed by atoms with Crippen LogP contribution in [0.15, 0.2) is 77.7 Å². The zero-order valence-electron chi connectivity index (χ0n) is 16.0. The van der Waals surface area contributed by atoms with Gasteiger partial charge in [0.25, 0.3) is 5.89 Å². The molecule has 1 aromatic carbocycles. The van der Waals surface area contributed by atoms with Gasteiger partial charge in [0, 0.05) is 18.6 Å². The van der Waals surface area contributed by atoms with Crippen molar-refractivity contribution in [2.24, 2.45) is 0 Å². The molecule has 1 N–H and O–H groups in total. The molecule has 0 radical (unpaired) electrons. The van der Waals surface area contributed by atoms with Gasteiger partial charge in [-0.1, -0.05) is 30.3 Å². The Labute approximate surface area is 168 Å². The molecular weight excluding hydrogens is 366 g/mol. The van der Waals surface area contributed by atoms with Gasteiger partial charge in [0.2, 0.25) is 5.82 Å². The van der Waals surface area contributed by atoms with Gasteiger partial charge in [-0.2, -0.15) is 4.98 Å². The van der Waals surface area contributed by atoms with Crippen LogP contribution in [0.1, 0.15) is 30.8 Å². The van der Waals surface area contributed by atoms with Gasteiger partial charge >= 0.3 is 0 Å². The summed E-state index contributed by atoms with van der Waals surface area (Å²) >= 11 is 0. The maximum Gasteiger partial charge on any atom is 0.259 e. The second-order valence-electron chi connectivity index (χ2n) is 6.44. The number of para-hydroxylation sites is 1. The molecule has 0 aliphatic rings. The molecule has 29 heavy (non-hydrogen) atoms. The Bertz CT molecular complexity index is 1020. The fraction of sp³-hybridized carbons (Fsp3) is 0.182. The van der Waals surface area contributed by atoms with Crippen molar-refractivity contribution >= 4 is 5.82 Å². The molecular formula is C22H21N5O2. The molecule has 0 saturated heterocycles. The van der Waals surface area contributed by atoms with Gasteiger partial charge in [0.15, 0.2) is 6.61 Å². The second kappa shape index (κ2) is 8.97. The van der Waals surface area contributed by atoms with E-state index in [9.17, 15) is 0 Å². The molecule has 3 aromatic heterocycles. The highest BCUT2D eigenvalue weighted by atomic mass is 16.5. The number of nitrogens with zero attached hydrogens (tertiary/aromatic N) is 4. The lowest BCUT2D eigenvalue weighted by Gasteiger charge is -2.17. The Hall–Kier alpha value is -3.74. The number of pyridine rings is 2. The Morgan fingerprint density at radius 3 is 2.59 bits per heavy atom. The highest BCUT2D eigenvalue weighted by Crippen LogP contribution is 2.23. The summed E-state index contributed by atoms with van der Waals surface area (Å²) in [7, 11) is 0. The van der Waals surface area contributed by atoms with Crippen LogP contribution in [0.5, 0.6) is 5.75 Å². The fourth-order valence-electron chi connectivity index (χ4n) is 2.90. The first kappa shape index (κ1) is 18.6. The molecule has 3 heterocycles. The third kappa shape index (κ3) is 4.76. The first-order valence-electron chi connectivity index (χ1n) is 9.45. The minimum atomic E-state index is 0.168. The number of benzene rings is 1. The van der Waals surface area contributed by atoms with Crippen LogP contribution in [0.25, 0.3) is 11.5 Å². The monoisotopic (exact) mass is 387 g/mol. The largest absolute Gasteiger partial charge is 0.485 e. The van der Waals surface area contributed by atoms with Gasteiger partial charge in [-0.25, -0.2) is 4.98 Å². The number of nitrogens with one attached hydrogen (secondary N) is 1. The molecule has 0 amide bonds. The first-order valence-corrected chi connectivity index (χ1v) is 9.45. The van der Waals surface area contributed by atoms with Crippen LogP contribution < -0.4 is 10.1 Å². The number of ether oxygens (including phenoxy) is 1. The van der Waals surface area contributed by atoms with Gasteiger partial charge < -0.3 is 14.6 Å². The smallest absolute Gasteiger partial charge is 0.259 e. The predicted molar refractivity (Wildman–Crippen MR) is 109 cm³/mol. The summed E-state index contributed by atoms with van der Waals surface area (Å²) in [6.07, 6.45) is 6.24. The highest BCUT2D eigenvalue weighted by Gasteiger charge is 2.12. The quantitative estimate of drug-likeness (QED) is 0.470. The van der Waals surface area contributed by atoms with Crippen molar-refractivity contribution in [3.8, 4) is 17.2 Å². The van der Waals surface area contributed by atoms with Crippen molar-refractivity contribution in [2.75, 3.05) is 5.32 Å². The van der Waals surface area contributed by atoms with E-state index in [4.69, 9.17) is 9.26 Å². The normalized spacial score (nSPS) is 11.8. The molecule has 7 nitrogen and oxygen atoms in total. The molecule has 0 aliphatic carbocycles. The van der Waals surface area contributed by atoms with Gasteiger partial charge in [0.1, 0.15) is 11.6 Å². The first-order chi connectivity index (χ1) is 14.3. The molecule has 1 atom stereocenters. The van der Waals surface area contributed by atoms with Crippen LogP contribution >= 0.6 is 0 Å². The summed E-state index contributed by atoms with van der Waals surface area (Å²) in [5.41, 5.74) is 1.93. The molecule has 0 aliphatic heterocycles. The number of aromatic nitrogens is 4. The maximum atomic E-state index is 5.64. The molecule has 0 unspecified atom stereocenters. The van der Waals surface area contributed by atoms with E-state index in [1.807, 2.05) is 54.6 Å². The van der Waals surface area contributed by atoms with Gasteiger partial charge in [-0.15, -0.1) is 0 Å². The average Bonchev–Trinajstić information content (AvgIpc) is 3.27. The summed E-state index contributed by atoms with van der Waals surface area (Å²) in [6, 6.07) is 17.5. The standard InChI is InChI=1S/C22H21N5O2/c1-2-19(16-10-12-23-13-11-16)25-20-9-8-17(14-24-20)22-26-21(27-29-22)15-28-18-6-4-3-5-7-18/h3-14,19H,2,15H2,1H3,(H,24,25)/t19-/m1/s1. The number of anilines is 1. The van der Waals surface area contributed by atoms with E-state index in [1.165, 1.54) is 5.56 Å². The van der Waals surface area contributed by atoms with E-state index >= 15 is 0 Å². The van der Waals surface area contributed by atoms with E-state index in [0.717, 1.165) is 23.6 Å². The summed E-state index contributed by atoms with van der Waals surface area (Å²) in [4.78, 5) is 12.9. The molecule has 0 saturated carbocycles. The number of rotatable bonds is 8. The molecule has 7 heteroatoms. The van der Waals surface area contributed by atoms with E-state index < -0.39 is 0 Å². The van der Waals surface area contributed by atoms with Crippen LogP contribution in [0.3, 0.4) is 0 Å². The molecule has 0 spiro atoms. The zero-order chi connectivity index (χ0) is 19.9. The van der Waals surface area contributed by atoms with Crippen LogP contribution in [0.2, 0.25) is 0 Å². The predicted octanol–water partition coefficient (Wildman–Crippen LogP) is 4.67. The van der Waals surface area contributed by atoms with Gasteiger partial charge in [0.05, 0.1) is 11.6 Å². The summed E-state index contributed by atoms with van der Waals surface area (Å²) in [5, 5.41) is 7.41. The summed E-state index contributed by atoms with van der Waals surface area (Å²) in [6.45, 7) is 2.37. The van der Waals surface area contributed by atoms with Gasteiger partial charge in [-0.05, 0) is 48.4 Å². The fourth-order valence-corrected chi connectivity index (χ4v) is 2.90. The Morgan fingerprint density at radius 2 is 1.86 bits per heavy atom. The van der Waals surface area contributed by atoms with E-state index in [2.05, 4.69) is 32.3 Å². The van der Waals surface area contributed by atoms with Crippen LogP contribution in [-0.4, -0.2) is 20.1 Å². The zero-order valence-corrected chi connectivity index (χ0v) is 16.0. The van der Waals surface area contributed by atoms with Crippen molar-refractivity contribution in [1.29, 1.82) is 0 Å². The molecule has 4 rings (SSSR count). The van der Waals surface area contributed by atoms with Crippen molar-refractivity contribution in [2.45, 2.75) is 26.0 Å². The molecule has 4 aromatic rings. The number of hydrogen-bond acceptors (Lipinski definition) is 7. The van der Waals surface area contributed by atoms with Crippen molar-refractivity contribution in [3.63, 3.8) is 0 Å². The lowest BCUT2D eigenvalue weighted by atomic mass is 10.1. The molecule has 146 valence electrons. The van der Waals surface area contributed by atoms with E-state index in [0.29, 0.717) is 11.7 Å². The van der Waals surface area contributed by atoms with Crippen LogP contribution in [-0.2, 0) is 6.61 Å². The van der Waals surface area contributed by atoms with Crippen molar-refractivity contribution < 1.29 is 9.26 Å². The van der Waals surface area contributed by atoms with Crippen LogP contribution in [0.4, 0.5) is 5.82 Å². The minimum Gasteiger partial charge on any atom is -0.485 e. The van der Waals surface area contributed by atoms with Gasteiger partial charge in [-0.3, -0.25) is 4.98 Å². The van der Waals surface area contributed by atoms with E-state index in [-0.39, 0.29) is 12.6 Å².